The lowest BCUT2D eigenvalue weighted by atomic mass is 10.1. The topological polar surface area (TPSA) is 89.3 Å². The third-order valence-electron chi connectivity index (χ3n) is 5.32. The van der Waals surface area contributed by atoms with E-state index in [0.717, 1.165) is 27.4 Å². The fourth-order valence-electron chi connectivity index (χ4n) is 3.70. The Hall–Kier alpha value is -4.23. The van der Waals surface area contributed by atoms with Gasteiger partial charge in [0.25, 0.3) is 5.91 Å². The first-order chi connectivity index (χ1) is 16.2. The first kappa shape index (κ1) is 20.7. The Balaban J connectivity index is 1.36. The van der Waals surface area contributed by atoms with Gasteiger partial charge in [-0.3, -0.25) is 4.79 Å². The predicted octanol–water partition coefficient (Wildman–Crippen LogP) is 4.13. The molecule has 0 atom stereocenters. The Morgan fingerprint density at radius 2 is 1.61 bits per heavy atom. The highest BCUT2D eigenvalue weighted by molar-refractivity contribution is 5.95. The number of ether oxygens (including phenoxy) is 1. The van der Waals surface area contributed by atoms with Crippen molar-refractivity contribution in [2.45, 2.75) is 6.42 Å². The molecule has 0 saturated carbocycles. The molecule has 5 rings (SSSR count). The summed E-state index contributed by atoms with van der Waals surface area (Å²) >= 11 is 0. The van der Waals surface area contributed by atoms with Crippen LogP contribution in [0.2, 0.25) is 0 Å². The number of hydrogen-bond donors (Lipinski definition) is 2. The largest absolute Gasteiger partial charge is 0.481 e. The highest BCUT2D eigenvalue weighted by Crippen LogP contribution is 2.25. The van der Waals surface area contributed by atoms with Crippen LogP contribution >= 0.6 is 0 Å². The molecule has 7 nitrogen and oxygen atoms in total. The Labute approximate surface area is 190 Å². The third kappa shape index (κ3) is 4.53. The Bertz CT molecular complexity index is 1410. The molecule has 0 aliphatic rings. The smallest absolute Gasteiger partial charge is 0.262 e. The summed E-state index contributed by atoms with van der Waals surface area (Å²) < 4.78 is 5.87. The molecule has 0 fully saturated rings. The molecule has 1 aromatic heterocycles. The number of fused-ring (bicyclic) bond motifs is 2. The molecule has 0 saturated heterocycles. The van der Waals surface area contributed by atoms with Gasteiger partial charge in [0, 0.05) is 12.3 Å². The molecule has 0 aliphatic heterocycles. The first-order valence-corrected chi connectivity index (χ1v) is 10.7. The molecule has 0 unspecified atom stereocenters. The maximum absolute atomic E-state index is 12.6. The number of aromatic nitrogens is 3. The predicted molar refractivity (Wildman–Crippen MR) is 128 cm³/mol. The van der Waals surface area contributed by atoms with Crippen LogP contribution in [0, 0.1) is 0 Å². The van der Waals surface area contributed by atoms with E-state index in [0.29, 0.717) is 23.5 Å². The first-order valence-electron chi connectivity index (χ1n) is 10.7. The zero-order chi connectivity index (χ0) is 22.6. The van der Waals surface area contributed by atoms with Gasteiger partial charge in [-0.2, -0.15) is 0 Å². The number of aliphatic hydroxyl groups is 1. The quantitative estimate of drug-likeness (QED) is 0.399. The van der Waals surface area contributed by atoms with Crippen molar-refractivity contribution < 1.29 is 14.6 Å². The summed E-state index contributed by atoms with van der Waals surface area (Å²) in [6, 6.07) is 26.8. The van der Waals surface area contributed by atoms with Crippen LogP contribution in [0.15, 0.2) is 84.9 Å². The lowest BCUT2D eigenvalue weighted by Gasteiger charge is -2.13. The van der Waals surface area contributed by atoms with Gasteiger partial charge in [0.15, 0.2) is 6.61 Å². The van der Waals surface area contributed by atoms with E-state index in [1.54, 1.807) is 6.07 Å². The van der Waals surface area contributed by atoms with E-state index < -0.39 is 0 Å². The number of anilines is 1. The van der Waals surface area contributed by atoms with Crippen LogP contribution in [0.4, 0.5) is 5.69 Å². The number of aliphatic hydroxyl groups excluding tert-OH is 1. The molecule has 0 bridgehead atoms. The van der Waals surface area contributed by atoms with Crippen molar-refractivity contribution in [1.82, 2.24) is 15.0 Å². The summed E-state index contributed by atoms with van der Waals surface area (Å²) in [7, 11) is 0. The van der Waals surface area contributed by atoms with Gasteiger partial charge in [0.2, 0.25) is 0 Å². The number of rotatable bonds is 7. The Kier molecular flexibility index (Phi) is 5.70. The maximum atomic E-state index is 12.6. The number of nitrogens with zero attached hydrogens (tertiary/aromatic N) is 3. The molecule has 0 aliphatic carbocycles. The van der Waals surface area contributed by atoms with Crippen LogP contribution in [0.1, 0.15) is 5.56 Å². The number of hydrogen-bond acceptors (Lipinski definition) is 5. The van der Waals surface area contributed by atoms with Crippen molar-refractivity contribution in [1.29, 1.82) is 0 Å². The number of carbonyl (C=O) groups is 1. The van der Waals surface area contributed by atoms with Gasteiger partial charge in [-0.25, -0.2) is 0 Å². The second-order valence-corrected chi connectivity index (χ2v) is 7.65. The minimum Gasteiger partial charge on any atom is -0.481 e. The second kappa shape index (κ2) is 9.10. The monoisotopic (exact) mass is 438 g/mol. The van der Waals surface area contributed by atoms with Crippen LogP contribution in [0.25, 0.3) is 27.5 Å². The molecular formula is C26H22N4O3. The zero-order valence-electron chi connectivity index (χ0n) is 17.8. The molecule has 33 heavy (non-hydrogen) atoms. The fraction of sp³-hybridized carbons (Fsp3) is 0.115. The number of carbonyl (C=O) groups excluding carboxylic acids is 1. The lowest BCUT2D eigenvalue weighted by molar-refractivity contribution is -0.118. The standard InChI is InChI=1S/C26H22N4O3/c31-14-13-18-9-12-25(24(15-18)30-28-22-7-3-4-8-23(22)29-30)33-17-26(32)27-21-11-10-19-5-1-2-6-20(19)16-21/h1-12,15-16,31H,13-14,17H2,(H,27,32). The van der Waals surface area contributed by atoms with Crippen LogP contribution in [0.5, 0.6) is 5.75 Å². The van der Waals surface area contributed by atoms with Crippen molar-refractivity contribution in [3.8, 4) is 11.4 Å². The molecule has 5 aromatic rings. The van der Waals surface area contributed by atoms with Crippen LogP contribution in [0.3, 0.4) is 0 Å². The molecule has 1 amide bonds. The van der Waals surface area contributed by atoms with Crippen molar-refractivity contribution in [3.05, 3.63) is 90.5 Å². The number of benzene rings is 4. The molecular weight excluding hydrogens is 416 g/mol. The van der Waals surface area contributed by atoms with E-state index in [4.69, 9.17) is 4.74 Å². The van der Waals surface area contributed by atoms with Crippen molar-refractivity contribution >= 4 is 33.4 Å². The number of amides is 1. The maximum Gasteiger partial charge on any atom is 0.262 e. The second-order valence-electron chi connectivity index (χ2n) is 7.65. The molecule has 0 radical (unpaired) electrons. The minimum absolute atomic E-state index is 0.0301. The summed E-state index contributed by atoms with van der Waals surface area (Å²) in [5.41, 5.74) is 3.74. The van der Waals surface area contributed by atoms with E-state index in [1.165, 1.54) is 4.80 Å². The van der Waals surface area contributed by atoms with Gasteiger partial charge < -0.3 is 15.2 Å². The fourth-order valence-corrected chi connectivity index (χ4v) is 3.70. The summed E-state index contributed by atoms with van der Waals surface area (Å²) in [5, 5.41) is 23.4. The van der Waals surface area contributed by atoms with Crippen molar-refractivity contribution in [2.75, 3.05) is 18.5 Å². The van der Waals surface area contributed by atoms with Gasteiger partial charge >= 0.3 is 0 Å². The molecule has 1 heterocycles. The third-order valence-corrected chi connectivity index (χ3v) is 5.32. The minimum atomic E-state index is -0.269. The molecule has 7 heteroatoms. The van der Waals surface area contributed by atoms with Gasteiger partial charge in [-0.1, -0.05) is 48.5 Å². The van der Waals surface area contributed by atoms with Gasteiger partial charge in [0.1, 0.15) is 22.5 Å². The summed E-state index contributed by atoms with van der Waals surface area (Å²) in [4.78, 5) is 14.1. The molecule has 4 aromatic carbocycles. The van der Waals surface area contributed by atoms with E-state index >= 15 is 0 Å². The van der Waals surface area contributed by atoms with Gasteiger partial charge in [-0.15, -0.1) is 15.0 Å². The molecule has 164 valence electrons. The van der Waals surface area contributed by atoms with Crippen molar-refractivity contribution in [3.63, 3.8) is 0 Å². The lowest BCUT2D eigenvalue weighted by Crippen LogP contribution is -2.20. The summed E-state index contributed by atoms with van der Waals surface area (Å²) in [5.74, 6) is 0.208. The Morgan fingerprint density at radius 3 is 2.36 bits per heavy atom. The van der Waals surface area contributed by atoms with Crippen LogP contribution < -0.4 is 10.1 Å². The zero-order valence-corrected chi connectivity index (χ0v) is 17.8. The van der Waals surface area contributed by atoms with E-state index in [2.05, 4.69) is 15.5 Å². The highest BCUT2D eigenvalue weighted by Gasteiger charge is 2.13. The van der Waals surface area contributed by atoms with Gasteiger partial charge in [0.05, 0.1) is 0 Å². The van der Waals surface area contributed by atoms with Gasteiger partial charge in [-0.05, 0) is 59.2 Å². The Morgan fingerprint density at radius 1 is 0.879 bits per heavy atom. The average molecular weight is 438 g/mol. The van der Waals surface area contributed by atoms with Crippen LogP contribution in [-0.2, 0) is 11.2 Å². The SMILES string of the molecule is O=C(COc1ccc(CCO)cc1-n1nc2ccccc2n1)Nc1ccc2ccccc2c1. The van der Waals surface area contributed by atoms with E-state index in [-0.39, 0.29) is 19.1 Å². The average Bonchev–Trinajstić information content (AvgIpc) is 3.27. The summed E-state index contributed by atoms with van der Waals surface area (Å²) in [6.07, 6.45) is 0.497. The molecule has 0 spiro atoms. The summed E-state index contributed by atoms with van der Waals surface area (Å²) in [6.45, 7) is -0.137. The van der Waals surface area contributed by atoms with E-state index in [9.17, 15) is 9.90 Å². The van der Waals surface area contributed by atoms with Crippen LogP contribution in [-0.4, -0.2) is 39.2 Å². The van der Waals surface area contributed by atoms with Crippen molar-refractivity contribution in [2.24, 2.45) is 0 Å². The molecule has 2 N–H and O–H groups in total. The normalized spacial score (nSPS) is 11.1. The van der Waals surface area contributed by atoms with E-state index in [1.807, 2.05) is 78.9 Å². The highest BCUT2D eigenvalue weighted by atomic mass is 16.5. The number of nitrogens with one attached hydrogen (secondary N) is 1.